The lowest BCUT2D eigenvalue weighted by atomic mass is 9.95. The third-order valence-corrected chi connectivity index (χ3v) is 4.01. The van der Waals surface area contributed by atoms with Crippen LogP contribution in [0.25, 0.3) is 0 Å². The highest BCUT2D eigenvalue weighted by atomic mass is 15.2. The Morgan fingerprint density at radius 3 is 2.58 bits per heavy atom. The summed E-state index contributed by atoms with van der Waals surface area (Å²) in [6.07, 6.45) is 3.63. The van der Waals surface area contributed by atoms with Crippen LogP contribution in [0.3, 0.4) is 0 Å². The van der Waals surface area contributed by atoms with E-state index in [9.17, 15) is 5.26 Å². The summed E-state index contributed by atoms with van der Waals surface area (Å²) in [7, 11) is 4.34. The molecule has 19 heavy (non-hydrogen) atoms. The predicted octanol–water partition coefficient (Wildman–Crippen LogP) is 1.54. The van der Waals surface area contributed by atoms with E-state index in [0.717, 1.165) is 32.0 Å². The lowest BCUT2D eigenvalue weighted by molar-refractivity contribution is 0.163. The maximum atomic E-state index is 9.36. The average Bonchev–Trinajstić information content (AvgIpc) is 2.39. The molecule has 0 aromatic rings. The first-order valence-electron chi connectivity index (χ1n) is 7.52. The first kappa shape index (κ1) is 16.4. The summed E-state index contributed by atoms with van der Waals surface area (Å²) in [5.41, 5.74) is -0.420. The van der Waals surface area contributed by atoms with Gasteiger partial charge in [0, 0.05) is 13.1 Å². The number of likely N-dealkylation sites (N-methyl/N-ethyl adjacent to an activating group) is 1. The molecule has 0 bridgehead atoms. The van der Waals surface area contributed by atoms with E-state index in [1.807, 2.05) is 6.92 Å². The van der Waals surface area contributed by atoms with Crippen molar-refractivity contribution in [3.8, 4) is 6.07 Å². The molecule has 0 spiro atoms. The Bertz CT molecular complexity index is 291. The van der Waals surface area contributed by atoms with Gasteiger partial charge in [-0.2, -0.15) is 5.26 Å². The van der Waals surface area contributed by atoms with Crippen molar-refractivity contribution in [1.29, 1.82) is 5.26 Å². The van der Waals surface area contributed by atoms with Crippen molar-refractivity contribution in [3.05, 3.63) is 0 Å². The SMILES string of the molecule is CCCNC(C)(C#N)CN(C)CC1CCN(C)CC1. The lowest BCUT2D eigenvalue weighted by Gasteiger charge is -2.34. The van der Waals surface area contributed by atoms with E-state index < -0.39 is 5.54 Å². The van der Waals surface area contributed by atoms with Crippen molar-refractivity contribution in [2.45, 2.75) is 38.6 Å². The molecule has 0 amide bonds. The van der Waals surface area contributed by atoms with Gasteiger partial charge in [-0.05, 0) is 65.8 Å². The van der Waals surface area contributed by atoms with E-state index in [4.69, 9.17) is 0 Å². The van der Waals surface area contributed by atoms with E-state index in [1.165, 1.54) is 25.9 Å². The zero-order valence-corrected chi connectivity index (χ0v) is 13.1. The molecule has 1 rings (SSSR count). The Labute approximate surface area is 118 Å². The number of hydrogen-bond donors (Lipinski definition) is 1. The largest absolute Gasteiger partial charge is 0.306 e. The van der Waals surface area contributed by atoms with Crippen molar-refractivity contribution in [2.24, 2.45) is 5.92 Å². The minimum Gasteiger partial charge on any atom is -0.306 e. The maximum absolute atomic E-state index is 9.36. The zero-order chi connectivity index (χ0) is 14.3. The van der Waals surface area contributed by atoms with Gasteiger partial charge in [0.25, 0.3) is 0 Å². The summed E-state index contributed by atoms with van der Waals surface area (Å²) in [4.78, 5) is 4.72. The lowest BCUT2D eigenvalue weighted by Crippen LogP contribution is -2.50. The highest BCUT2D eigenvalue weighted by Gasteiger charge is 2.26. The van der Waals surface area contributed by atoms with E-state index in [0.29, 0.717) is 0 Å². The molecule has 0 saturated carbocycles. The molecule has 0 aliphatic carbocycles. The van der Waals surface area contributed by atoms with Gasteiger partial charge in [0.15, 0.2) is 0 Å². The smallest absolute Gasteiger partial charge is 0.116 e. The Morgan fingerprint density at radius 2 is 2.05 bits per heavy atom. The number of hydrogen-bond acceptors (Lipinski definition) is 4. The summed E-state index contributed by atoms with van der Waals surface area (Å²) in [5, 5.41) is 12.7. The minimum absolute atomic E-state index is 0.420. The van der Waals surface area contributed by atoms with E-state index in [-0.39, 0.29) is 0 Å². The van der Waals surface area contributed by atoms with Crippen LogP contribution in [0.2, 0.25) is 0 Å². The first-order valence-corrected chi connectivity index (χ1v) is 7.52. The van der Waals surface area contributed by atoms with E-state index >= 15 is 0 Å². The Morgan fingerprint density at radius 1 is 1.42 bits per heavy atom. The number of rotatable bonds is 7. The summed E-state index contributed by atoms with van der Waals surface area (Å²) < 4.78 is 0. The van der Waals surface area contributed by atoms with E-state index in [2.05, 4.69) is 42.2 Å². The zero-order valence-electron chi connectivity index (χ0n) is 13.1. The molecule has 4 heteroatoms. The number of nitriles is 1. The molecule has 1 aliphatic heterocycles. The molecule has 0 aromatic carbocycles. The van der Waals surface area contributed by atoms with Gasteiger partial charge in [-0.25, -0.2) is 0 Å². The Kier molecular flexibility index (Phi) is 6.78. The monoisotopic (exact) mass is 266 g/mol. The molecular weight excluding hydrogens is 236 g/mol. The minimum atomic E-state index is -0.420. The molecule has 0 radical (unpaired) electrons. The molecule has 1 fully saturated rings. The van der Waals surface area contributed by atoms with Gasteiger partial charge < -0.3 is 9.80 Å². The van der Waals surface area contributed by atoms with Crippen LogP contribution in [0, 0.1) is 17.2 Å². The average molecular weight is 266 g/mol. The summed E-state index contributed by atoms with van der Waals surface area (Å²) in [6, 6.07) is 2.43. The predicted molar refractivity (Wildman–Crippen MR) is 80.0 cm³/mol. The van der Waals surface area contributed by atoms with Gasteiger partial charge in [0.05, 0.1) is 6.07 Å². The second-order valence-electron chi connectivity index (χ2n) is 6.31. The van der Waals surface area contributed by atoms with Crippen molar-refractivity contribution >= 4 is 0 Å². The standard InChI is InChI=1S/C15H30N4/c1-5-8-17-15(2,12-16)13-19(4)11-14-6-9-18(3)10-7-14/h14,17H,5-11,13H2,1-4H3. The fourth-order valence-electron chi connectivity index (χ4n) is 2.82. The van der Waals surface area contributed by atoms with Gasteiger partial charge in [0.1, 0.15) is 5.54 Å². The van der Waals surface area contributed by atoms with Crippen LogP contribution in [-0.2, 0) is 0 Å². The molecule has 4 nitrogen and oxygen atoms in total. The fourth-order valence-corrected chi connectivity index (χ4v) is 2.82. The second-order valence-corrected chi connectivity index (χ2v) is 6.31. The number of piperidine rings is 1. The normalized spacial score (nSPS) is 21.3. The first-order chi connectivity index (χ1) is 8.99. The third-order valence-electron chi connectivity index (χ3n) is 4.01. The van der Waals surface area contributed by atoms with Gasteiger partial charge in [-0.1, -0.05) is 6.92 Å². The molecule has 1 unspecified atom stereocenters. The molecule has 1 heterocycles. The quantitative estimate of drug-likeness (QED) is 0.759. The summed E-state index contributed by atoms with van der Waals surface area (Å²) in [5.74, 6) is 0.787. The van der Waals surface area contributed by atoms with Gasteiger partial charge >= 0.3 is 0 Å². The molecule has 1 N–H and O–H groups in total. The van der Waals surface area contributed by atoms with Crippen LogP contribution in [0.4, 0.5) is 0 Å². The molecule has 1 aliphatic rings. The van der Waals surface area contributed by atoms with Crippen molar-refractivity contribution in [1.82, 2.24) is 15.1 Å². The number of likely N-dealkylation sites (tertiary alicyclic amines) is 1. The van der Waals surface area contributed by atoms with Crippen LogP contribution < -0.4 is 5.32 Å². The number of nitrogens with zero attached hydrogens (tertiary/aromatic N) is 3. The van der Waals surface area contributed by atoms with Gasteiger partial charge in [0.2, 0.25) is 0 Å². The van der Waals surface area contributed by atoms with Crippen LogP contribution >= 0.6 is 0 Å². The van der Waals surface area contributed by atoms with Crippen LogP contribution in [0.5, 0.6) is 0 Å². The Hall–Kier alpha value is -0.630. The third kappa shape index (κ3) is 5.90. The number of nitrogens with one attached hydrogen (secondary N) is 1. The van der Waals surface area contributed by atoms with Crippen molar-refractivity contribution in [3.63, 3.8) is 0 Å². The topological polar surface area (TPSA) is 42.3 Å². The molecule has 0 aromatic heterocycles. The molecular formula is C15H30N4. The molecule has 1 saturated heterocycles. The van der Waals surface area contributed by atoms with Crippen molar-refractivity contribution in [2.75, 3.05) is 46.8 Å². The van der Waals surface area contributed by atoms with Gasteiger partial charge in [-0.3, -0.25) is 5.32 Å². The van der Waals surface area contributed by atoms with Gasteiger partial charge in [-0.15, -0.1) is 0 Å². The van der Waals surface area contributed by atoms with Crippen LogP contribution in [0.15, 0.2) is 0 Å². The summed E-state index contributed by atoms with van der Waals surface area (Å²) >= 11 is 0. The molecule has 110 valence electrons. The second kappa shape index (κ2) is 7.84. The fraction of sp³-hybridized carbons (Fsp3) is 0.933. The highest BCUT2D eigenvalue weighted by molar-refractivity contribution is 5.05. The highest BCUT2D eigenvalue weighted by Crippen LogP contribution is 2.17. The molecule has 1 atom stereocenters. The van der Waals surface area contributed by atoms with Crippen LogP contribution in [-0.4, -0.2) is 62.2 Å². The summed E-state index contributed by atoms with van der Waals surface area (Å²) in [6.45, 7) is 9.38. The van der Waals surface area contributed by atoms with Crippen molar-refractivity contribution < 1.29 is 0 Å². The van der Waals surface area contributed by atoms with Crippen LogP contribution in [0.1, 0.15) is 33.1 Å². The van der Waals surface area contributed by atoms with E-state index in [1.54, 1.807) is 0 Å². The maximum Gasteiger partial charge on any atom is 0.116 e. The Balaban J connectivity index is 2.36.